The van der Waals surface area contributed by atoms with Crippen LogP contribution in [0.4, 0.5) is 0 Å². The highest BCUT2D eigenvalue weighted by atomic mass is 16.1. The summed E-state index contributed by atoms with van der Waals surface area (Å²) >= 11 is 0. The van der Waals surface area contributed by atoms with Gasteiger partial charge in [0.2, 0.25) is 5.91 Å². The Hall–Kier alpha value is -3.07. The fourth-order valence-corrected chi connectivity index (χ4v) is 3.44. The van der Waals surface area contributed by atoms with Crippen LogP contribution in [0, 0.1) is 0 Å². The molecular weight excluding hydrogens is 272 g/mol. The number of nitrogens with zero attached hydrogens (tertiary/aromatic N) is 1. The van der Waals surface area contributed by atoms with E-state index < -0.39 is 0 Å². The maximum Gasteiger partial charge on any atom is 0.250 e. The van der Waals surface area contributed by atoms with E-state index in [9.17, 15) is 4.79 Å². The van der Waals surface area contributed by atoms with E-state index in [2.05, 4.69) is 34.9 Å². The van der Waals surface area contributed by atoms with Gasteiger partial charge in [0.15, 0.2) is 0 Å². The fourth-order valence-electron chi connectivity index (χ4n) is 3.44. The van der Waals surface area contributed by atoms with E-state index in [4.69, 9.17) is 5.73 Å². The first-order valence-electron chi connectivity index (χ1n) is 7.22. The second kappa shape index (κ2) is 3.77. The summed E-state index contributed by atoms with van der Waals surface area (Å²) in [4.78, 5) is 11.7. The topological polar surface area (TPSA) is 48.0 Å². The van der Waals surface area contributed by atoms with Crippen molar-refractivity contribution in [3.05, 3.63) is 71.3 Å². The quantitative estimate of drug-likeness (QED) is 0.731. The highest BCUT2D eigenvalue weighted by Gasteiger charge is 2.38. The largest absolute Gasteiger partial charge is 0.366 e. The molecule has 0 atom stereocenters. The van der Waals surface area contributed by atoms with Crippen molar-refractivity contribution < 1.29 is 4.79 Å². The summed E-state index contributed by atoms with van der Waals surface area (Å²) in [5.74, 6) is -0.351. The Kier molecular flexibility index (Phi) is 1.98. The first-order chi connectivity index (χ1) is 10.8. The zero-order valence-electron chi connectivity index (χ0n) is 11.7. The Bertz CT molecular complexity index is 1050. The minimum Gasteiger partial charge on any atom is -0.366 e. The normalized spacial score (nSPS) is 14.8. The molecule has 3 nitrogen and oxygen atoms in total. The number of allylic oxidation sites excluding steroid dienone is 1. The summed E-state index contributed by atoms with van der Waals surface area (Å²) in [6.07, 6.45) is 2.03. The SMILES string of the molecule is NC(=O)C1=C2C1=Cn1c(cc3ccccc31)-c1ccccc12. The van der Waals surface area contributed by atoms with Gasteiger partial charge in [-0.25, -0.2) is 0 Å². The Morgan fingerprint density at radius 3 is 2.50 bits per heavy atom. The molecule has 2 N–H and O–H groups in total. The predicted molar refractivity (Wildman–Crippen MR) is 87.8 cm³/mol. The molecule has 1 aromatic heterocycles. The third-order valence-electron chi connectivity index (χ3n) is 4.45. The van der Waals surface area contributed by atoms with Crippen LogP contribution in [-0.2, 0) is 4.79 Å². The summed E-state index contributed by atoms with van der Waals surface area (Å²) in [5, 5.41) is 1.19. The number of para-hydroxylation sites is 1. The molecule has 3 heteroatoms. The van der Waals surface area contributed by atoms with Gasteiger partial charge in [0, 0.05) is 28.3 Å². The molecule has 3 aromatic rings. The van der Waals surface area contributed by atoms with E-state index in [0.717, 1.165) is 33.5 Å². The monoisotopic (exact) mass is 284 g/mol. The highest BCUT2D eigenvalue weighted by molar-refractivity contribution is 6.26. The van der Waals surface area contributed by atoms with Gasteiger partial charge in [-0.05, 0) is 17.7 Å². The van der Waals surface area contributed by atoms with Gasteiger partial charge in [0.05, 0.1) is 16.8 Å². The molecule has 5 rings (SSSR count). The van der Waals surface area contributed by atoms with Gasteiger partial charge in [-0.1, -0.05) is 42.5 Å². The molecule has 0 spiro atoms. The third kappa shape index (κ3) is 1.33. The number of benzene rings is 2. The van der Waals surface area contributed by atoms with E-state index in [1.54, 1.807) is 0 Å². The second-order valence-electron chi connectivity index (χ2n) is 5.66. The highest BCUT2D eigenvalue weighted by Crippen LogP contribution is 2.52. The molecule has 1 amide bonds. The van der Waals surface area contributed by atoms with Crippen LogP contribution >= 0.6 is 0 Å². The number of fused-ring (bicyclic) bond motifs is 7. The summed E-state index contributed by atoms with van der Waals surface area (Å²) in [6, 6.07) is 18.6. The number of carbonyl (C=O) groups excluding carboxylic acids is 1. The lowest BCUT2D eigenvalue weighted by Gasteiger charge is -2.07. The number of hydrogen-bond donors (Lipinski definition) is 1. The van der Waals surface area contributed by atoms with Crippen LogP contribution in [0.25, 0.3) is 33.9 Å². The summed E-state index contributed by atoms with van der Waals surface area (Å²) in [7, 11) is 0. The van der Waals surface area contributed by atoms with Crippen LogP contribution in [0.1, 0.15) is 5.56 Å². The van der Waals surface area contributed by atoms with Gasteiger partial charge >= 0.3 is 0 Å². The number of primary amides is 1. The second-order valence-corrected chi connectivity index (χ2v) is 5.66. The lowest BCUT2D eigenvalue weighted by Crippen LogP contribution is -2.08. The van der Waals surface area contributed by atoms with Crippen LogP contribution in [-0.4, -0.2) is 10.5 Å². The molecule has 0 saturated heterocycles. The molecule has 0 bridgehead atoms. The van der Waals surface area contributed by atoms with Crippen molar-refractivity contribution in [1.82, 2.24) is 4.57 Å². The van der Waals surface area contributed by atoms with Crippen molar-refractivity contribution >= 4 is 28.6 Å². The zero-order valence-corrected chi connectivity index (χ0v) is 11.7. The first kappa shape index (κ1) is 11.6. The molecule has 1 aliphatic heterocycles. The maximum absolute atomic E-state index is 11.7. The smallest absolute Gasteiger partial charge is 0.250 e. The summed E-state index contributed by atoms with van der Waals surface area (Å²) in [5.41, 5.74) is 12.6. The Balaban J connectivity index is 1.92. The van der Waals surface area contributed by atoms with Crippen molar-refractivity contribution in [3.8, 4) is 11.3 Å². The Labute approximate surface area is 127 Å². The fraction of sp³-hybridized carbons (Fsp3) is 0. The molecule has 1 aliphatic carbocycles. The first-order valence-corrected chi connectivity index (χ1v) is 7.22. The van der Waals surface area contributed by atoms with E-state index in [-0.39, 0.29) is 5.91 Å². The van der Waals surface area contributed by atoms with E-state index in [1.807, 2.05) is 30.5 Å². The van der Waals surface area contributed by atoms with Crippen LogP contribution in [0.15, 0.2) is 65.7 Å². The van der Waals surface area contributed by atoms with Gasteiger partial charge in [0.25, 0.3) is 0 Å². The molecule has 22 heavy (non-hydrogen) atoms. The maximum atomic E-state index is 11.7. The van der Waals surface area contributed by atoms with E-state index in [1.165, 1.54) is 5.39 Å². The number of carbonyl (C=O) groups is 1. The van der Waals surface area contributed by atoms with Crippen molar-refractivity contribution in [2.75, 3.05) is 0 Å². The van der Waals surface area contributed by atoms with Gasteiger partial charge < -0.3 is 10.3 Å². The molecule has 2 aliphatic rings. The number of rotatable bonds is 1. The average molecular weight is 284 g/mol. The molecule has 104 valence electrons. The Morgan fingerprint density at radius 2 is 1.68 bits per heavy atom. The molecule has 0 fully saturated rings. The van der Waals surface area contributed by atoms with Crippen LogP contribution < -0.4 is 5.73 Å². The van der Waals surface area contributed by atoms with Crippen molar-refractivity contribution in [2.24, 2.45) is 5.73 Å². The molecule has 0 saturated carbocycles. The number of aromatic nitrogens is 1. The minimum atomic E-state index is -0.351. The molecule has 2 heterocycles. The Morgan fingerprint density at radius 1 is 0.955 bits per heavy atom. The number of amides is 1. The van der Waals surface area contributed by atoms with Crippen molar-refractivity contribution in [2.45, 2.75) is 0 Å². The molecule has 0 radical (unpaired) electrons. The van der Waals surface area contributed by atoms with Crippen LogP contribution in [0.3, 0.4) is 0 Å². The number of nitrogens with two attached hydrogens (primary N) is 1. The molecule has 0 unspecified atom stereocenters. The number of hydrogen-bond acceptors (Lipinski definition) is 1. The van der Waals surface area contributed by atoms with Gasteiger partial charge in [-0.15, -0.1) is 0 Å². The van der Waals surface area contributed by atoms with Gasteiger partial charge in [-0.3, -0.25) is 4.79 Å². The van der Waals surface area contributed by atoms with E-state index in [0.29, 0.717) is 5.57 Å². The molecule has 2 aromatic carbocycles. The predicted octanol–water partition coefficient (Wildman–Crippen LogP) is 3.42. The third-order valence-corrected chi connectivity index (χ3v) is 4.45. The van der Waals surface area contributed by atoms with Gasteiger partial charge in [-0.2, -0.15) is 0 Å². The summed E-state index contributed by atoms with van der Waals surface area (Å²) in [6.45, 7) is 0. The standard InChI is InChI=1S/C19H12N2O/c20-19(22)18-14-10-21-15-8-4-1-5-11(15)9-16(21)12-6-2-3-7-13(12)17(14)18/h1-10H,(H2,20,22). The lowest BCUT2D eigenvalue weighted by atomic mass is 10.0. The van der Waals surface area contributed by atoms with E-state index >= 15 is 0 Å². The van der Waals surface area contributed by atoms with Crippen LogP contribution in [0.2, 0.25) is 0 Å². The lowest BCUT2D eigenvalue weighted by molar-refractivity contribution is -0.114. The average Bonchev–Trinajstić information content (AvgIpc) is 3.16. The molecular formula is C19H12N2O. The van der Waals surface area contributed by atoms with Crippen molar-refractivity contribution in [1.29, 1.82) is 0 Å². The minimum absolute atomic E-state index is 0.351. The van der Waals surface area contributed by atoms with Gasteiger partial charge in [0.1, 0.15) is 0 Å². The van der Waals surface area contributed by atoms with Crippen molar-refractivity contribution in [3.63, 3.8) is 0 Å². The zero-order chi connectivity index (χ0) is 14.8. The van der Waals surface area contributed by atoms with Crippen LogP contribution in [0.5, 0.6) is 0 Å². The summed E-state index contributed by atoms with van der Waals surface area (Å²) < 4.78 is 2.16.